The quantitative estimate of drug-likeness (QED) is 0.853. The molecule has 0 amide bonds. The fourth-order valence-corrected chi connectivity index (χ4v) is 4.00. The molecule has 0 fully saturated rings. The molecule has 0 bridgehead atoms. The van der Waals surface area contributed by atoms with Crippen molar-refractivity contribution in [3.63, 3.8) is 0 Å². The molecule has 21 heavy (non-hydrogen) atoms. The van der Waals surface area contributed by atoms with Gasteiger partial charge in [-0.25, -0.2) is 0 Å². The fraction of sp³-hybridized carbons (Fsp3) is 0.278. The first-order valence-corrected chi connectivity index (χ1v) is 8.09. The van der Waals surface area contributed by atoms with Crippen LogP contribution in [0.5, 0.6) is 0 Å². The maximum atomic E-state index is 12.8. The standard InChI is InChI=1S/C18H19NOS/c1-19(2)12-11-17-13-7-3-4-8-14(13)18(20)15-9-5-6-10-16(15)21-17/h3-10,17H,11-12H2,1-2H3. The molecule has 2 aromatic carbocycles. The highest BCUT2D eigenvalue weighted by molar-refractivity contribution is 7.99. The van der Waals surface area contributed by atoms with Crippen molar-refractivity contribution in [2.75, 3.05) is 20.6 Å². The van der Waals surface area contributed by atoms with Crippen LogP contribution in [0, 0.1) is 0 Å². The first-order chi connectivity index (χ1) is 10.2. The zero-order valence-corrected chi connectivity index (χ0v) is 13.2. The second-order valence-electron chi connectivity index (χ2n) is 5.61. The molecule has 1 atom stereocenters. The van der Waals surface area contributed by atoms with E-state index < -0.39 is 0 Å². The Bertz CT molecular complexity index is 666. The van der Waals surface area contributed by atoms with Crippen LogP contribution in [0.25, 0.3) is 0 Å². The van der Waals surface area contributed by atoms with Gasteiger partial charge in [0.25, 0.3) is 0 Å². The van der Waals surface area contributed by atoms with E-state index in [-0.39, 0.29) is 5.78 Å². The molecular weight excluding hydrogens is 278 g/mol. The summed E-state index contributed by atoms with van der Waals surface area (Å²) in [7, 11) is 4.18. The molecule has 0 spiro atoms. The van der Waals surface area contributed by atoms with E-state index in [1.165, 1.54) is 5.56 Å². The van der Waals surface area contributed by atoms with E-state index in [4.69, 9.17) is 0 Å². The monoisotopic (exact) mass is 297 g/mol. The van der Waals surface area contributed by atoms with Crippen LogP contribution in [0.3, 0.4) is 0 Å². The summed E-state index contributed by atoms with van der Waals surface area (Å²) >= 11 is 1.82. The first kappa shape index (κ1) is 14.4. The van der Waals surface area contributed by atoms with E-state index >= 15 is 0 Å². The van der Waals surface area contributed by atoms with Crippen LogP contribution >= 0.6 is 11.8 Å². The highest BCUT2D eigenvalue weighted by atomic mass is 32.2. The maximum Gasteiger partial charge on any atom is 0.194 e. The highest BCUT2D eigenvalue weighted by Crippen LogP contribution is 2.44. The summed E-state index contributed by atoms with van der Waals surface area (Å²) in [5.74, 6) is 0.154. The lowest BCUT2D eigenvalue weighted by Gasteiger charge is -2.19. The van der Waals surface area contributed by atoms with E-state index in [1.807, 2.05) is 48.2 Å². The molecule has 3 heteroatoms. The third-order valence-electron chi connectivity index (χ3n) is 3.79. The van der Waals surface area contributed by atoms with Crippen molar-refractivity contribution in [1.82, 2.24) is 4.90 Å². The molecule has 1 aliphatic heterocycles. The summed E-state index contributed by atoms with van der Waals surface area (Å²) in [4.78, 5) is 16.1. The first-order valence-electron chi connectivity index (χ1n) is 7.21. The van der Waals surface area contributed by atoms with Crippen molar-refractivity contribution in [3.8, 4) is 0 Å². The van der Waals surface area contributed by atoms with Gasteiger partial charge in [0.1, 0.15) is 0 Å². The number of rotatable bonds is 3. The minimum atomic E-state index is 0.154. The zero-order chi connectivity index (χ0) is 14.8. The molecule has 0 N–H and O–H groups in total. The maximum absolute atomic E-state index is 12.8. The number of hydrogen-bond donors (Lipinski definition) is 0. The molecule has 3 rings (SSSR count). The molecule has 108 valence electrons. The smallest absolute Gasteiger partial charge is 0.194 e. The van der Waals surface area contributed by atoms with Crippen LogP contribution in [0.4, 0.5) is 0 Å². The Labute approximate surface area is 130 Å². The molecule has 2 nitrogen and oxygen atoms in total. The van der Waals surface area contributed by atoms with E-state index in [1.54, 1.807) is 0 Å². The summed E-state index contributed by atoms with van der Waals surface area (Å²) in [5, 5.41) is 0.330. The summed E-state index contributed by atoms with van der Waals surface area (Å²) in [6.45, 7) is 1.02. The molecule has 1 unspecified atom stereocenters. The minimum absolute atomic E-state index is 0.154. The molecule has 0 saturated carbocycles. The van der Waals surface area contributed by atoms with Crippen molar-refractivity contribution in [3.05, 3.63) is 65.2 Å². The van der Waals surface area contributed by atoms with Gasteiger partial charge < -0.3 is 4.90 Å². The van der Waals surface area contributed by atoms with E-state index in [0.717, 1.165) is 29.0 Å². The van der Waals surface area contributed by atoms with Gasteiger partial charge in [-0.2, -0.15) is 0 Å². The van der Waals surface area contributed by atoms with Gasteiger partial charge in [-0.1, -0.05) is 36.4 Å². The topological polar surface area (TPSA) is 20.3 Å². The average Bonchev–Trinajstić information content (AvgIpc) is 2.62. The van der Waals surface area contributed by atoms with Gasteiger partial charge in [0.2, 0.25) is 0 Å². The van der Waals surface area contributed by atoms with Crippen LogP contribution in [-0.4, -0.2) is 31.3 Å². The summed E-state index contributed by atoms with van der Waals surface area (Å²) in [6, 6.07) is 16.0. The van der Waals surface area contributed by atoms with Gasteiger partial charge >= 0.3 is 0 Å². The Hall–Kier alpha value is -1.58. The molecule has 1 aliphatic rings. The predicted octanol–water partition coefficient (Wildman–Crippen LogP) is 4.02. The summed E-state index contributed by atoms with van der Waals surface area (Å²) < 4.78 is 0. The lowest BCUT2D eigenvalue weighted by atomic mass is 9.96. The molecule has 0 radical (unpaired) electrons. The Balaban J connectivity index is 2.06. The highest BCUT2D eigenvalue weighted by Gasteiger charge is 2.27. The average molecular weight is 297 g/mol. The second kappa shape index (κ2) is 6.04. The number of carbonyl (C=O) groups is 1. The van der Waals surface area contributed by atoms with Crippen LogP contribution < -0.4 is 0 Å². The largest absolute Gasteiger partial charge is 0.309 e. The summed E-state index contributed by atoms with van der Waals surface area (Å²) in [5.41, 5.74) is 2.87. The number of thioether (sulfide) groups is 1. The number of ketones is 1. The fourth-order valence-electron chi connectivity index (χ4n) is 2.69. The lowest BCUT2D eigenvalue weighted by Crippen LogP contribution is -2.15. The van der Waals surface area contributed by atoms with Gasteiger partial charge in [-0.05, 0) is 44.8 Å². The second-order valence-corrected chi connectivity index (χ2v) is 6.86. The van der Waals surface area contributed by atoms with E-state index in [0.29, 0.717) is 5.25 Å². The SMILES string of the molecule is CN(C)CCC1Sc2ccccc2C(=O)c2ccccc21. The van der Waals surface area contributed by atoms with Crippen molar-refractivity contribution in [2.24, 2.45) is 0 Å². The van der Waals surface area contributed by atoms with Crippen LogP contribution in [0.1, 0.15) is 33.2 Å². The molecule has 0 aromatic heterocycles. The Morgan fingerprint density at radius 3 is 2.43 bits per heavy atom. The van der Waals surface area contributed by atoms with Crippen molar-refractivity contribution < 1.29 is 4.79 Å². The number of benzene rings is 2. The van der Waals surface area contributed by atoms with Gasteiger partial charge in [-0.3, -0.25) is 4.79 Å². The van der Waals surface area contributed by atoms with Gasteiger partial charge in [0.05, 0.1) is 0 Å². The van der Waals surface area contributed by atoms with Gasteiger partial charge in [-0.15, -0.1) is 11.8 Å². The molecule has 1 heterocycles. The van der Waals surface area contributed by atoms with Crippen LogP contribution in [-0.2, 0) is 0 Å². The predicted molar refractivity (Wildman–Crippen MR) is 88.1 cm³/mol. The third kappa shape index (κ3) is 2.89. The normalized spacial score (nSPS) is 17.3. The van der Waals surface area contributed by atoms with Crippen LogP contribution in [0.2, 0.25) is 0 Å². The number of nitrogens with zero attached hydrogens (tertiary/aromatic N) is 1. The summed E-state index contributed by atoms with van der Waals surface area (Å²) in [6.07, 6.45) is 1.04. The third-order valence-corrected chi connectivity index (χ3v) is 5.18. The Kier molecular flexibility index (Phi) is 4.13. The van der Waals surface area contributed by atoms with E-state index in [9.17, 15) is 4.79 Å². The van der Waals surface area contributed by atoms with E-state index in [2.05, 4.69) is 31.1 Å². The molecule has 0 saturated heterocycles. The number of fused-ring (bicyclic) bond motifs is 2. The Morgan fingerprint density at radius 1 is 1.00 bits per heavy atom. The lowest BCUT2D eigenvalue weighted by molar-refractivity contribution is 0.103. The van der Waals surface area contributed by atoms with Crippen molar-refractivity contribution >= 4 is 17.5 Å². The molecule has 0 aliphatic carbocycles. The van der Waals surface area contributed by atoms with Gasteiger partial charge in [0, 0.05) is 21.3 Å². The molecule has 2 aromatic rings. The van der Waals surface area contributed by atoms with Crippen LogP contribution in [0.15, 0.2) is 53.4 Å². The number of carbonyl (C=O) groups excluding carboxylic acids is 1. The zero-order valence-electron chi connectivity index (χ0n) is 12.4. The van der Waals surface area contributed by atoms with Crippen molar-refractivity contribution in [2.45, 2.75) is 16.6 Å². The number of hydrogen-bond acceptors (Lipinski definition) is 3. The minimum Gasteiger partial charge on any atom is -0.309 e. The van der Waals surface area contributed by atoms with Gasteiger partial charge in [0.15, 0.2) is 5.78 Å². The molecular formula is C18H19NOS. The van der Waals surface area contributed by atoms with Crippen molar-refractivity contribution in [1.29, 1.82) is 0 Å². The Morgan fingerprint density at radius 2 is 1.67 bits per heavy atom.